The average molecular weight is 385 g/mol. The highest BCUT2D eigenvalue weighted by Crippen LogP contribution is 2.20. The van der Waals surface area contributed by atoms with E-state index in [-0.39, 0.29) is 5.91 Å². The van der Waals surface area contributed by atoms with Gasteiger partial charge in [0.05, 0.1) is 7.11 Å². The zero-order chi connectivity index (χ0) is 19.9. The van der Waals surface area contributed by atoms with Crippen LogP contribution in [0.1, 0.15) is 41.6 Å². The lowest BCUT2D eigenvalue weighted by Gasteiger charge is -2.35. The number of piperidine rings is 1. The van der Waals surface area contributed by atoms with Crippen molar-refractivity contribution in [3.8, 4) is 5.75 Å². The molecule has 1 fully saturated rings. The lowest BCUT2D eigenvalue weighted by atomic mass is 9.96. The summed E-state index contributed by atoms with van der Waals surface area (Å²) in [5, 5.41) is 0. The summed E-state index contributed by atoms with van der Waals surface area (Å²) in [6.45, 7) is 8.69. The summed E-state index contributed by atoms with van der Waals surface area (Å²) in [7, 11) is 1.71. The molecular formula is C22H32N4O2. The number of benzene rings is 1. The van der Waals surface area contributed by atoms with Crippen molar-refractivity contribution in [2.45, 2.75) is 33.1 Å². The first-order valence-corrected chi connectivity index (χ1v) is 10.2. The van der Waals surface area contributed by atoms with Crippen LogP contribution in [-0.2, 0) is 6.42 Å². The van der Waals surface area contributed by atoms with Gasteiger partial charge in [0.25, 0.3) is 5.91 Å². The number of aromatic nitrogens is 2. The van der Waals surface area contributed by atoms with E-state index in [9.17, 15) is 4.79 Å². The van der Waals surface area contributed by atoms with Crippen molar-refractivity contribution in [1.29, 1.82) is 0 Å². The van der Waals surface area contributed by atoms with Crippen molar-refractivity contribution in [3.05, 3.63) is 47.5 Å². The molecule has 1 aromatic heterocycles. The Balaban J connectivity index is 1.52. The van der Waals surface area contributed by atoms with Gasteiger partial charge in [-0.3, -0.25) is 4.79 Å². The highest BCUT2D eigenvalue weighted by molar-refractivity contribution is 5.90. The number of ether oxygens (including phenoxy) is 1. The van der Waals surface area contributed by atoms with Crippen molar-refractivity contribution in [2.24, 2.45) is 5.92 Å². The van der Waals surface area contributed by atoms with Crippen molar-refractivity contribution in [3.63, 3.8) is 0 Å². The molecule has 1 saturated heterocycles. The normalized spacial score (nSPS) is 17.5. The highest BCUT2D eigenvalue weighted by atomic mass is 16.5. The van der Waals surface area contributed by atoms with Gasteiger partial charge < -0.3 is 19.5 Å². The van der Waals surface area contributed by atoms with Gasteiger partial charge in [0.15, 0.2) is 5.82 Å². The summed E-state index contributed by atoms with van der Waals surface area (Å²) < 4.78 is 5.32. The Morgan fingerprint density at radius 3 is 3.00 bits per heavy atom. The molecule has 1 amide bonds. The molecule has 1 aromatic carbocycles. The second kappa shape index (κ2) is 9.73. The number of H-pyrrole nitrogens is 1. The molecule has 0 bridgehead atoms. The molecule has 1 atom stereocenters. The molecule has 6 heteroatoms. The lowest BCUT2D eigenvalue weighted by molar-refractivity contribution is 0.0679. The Hall–Kier alpha value is -2.34. The van der Waals surface area contributed by atoms with Crippen LogP contribution in [-0.4, -0.2) is 65.5 Å². The van der Waals surface area contributed by atoms with Crippen LogP contribution in [0.3, 0.4) is 0 Å². The molecule has 1 N–H and O–H groups in total. The third kappa shape index (κ3) is 5.35. The van der Waals surface area contributed by atoms with Gasteiger partial charge in [-0.2, -0.15) is 0 Å². The van der Waals surface area contributed by atoms with Crippen LogP contribution < -0.4 is 4.74 Å². The number of hydrogen-bond donors (Lipinski definition) is 1. The molecule has 1 aliphatic rings. The van der Waals surface area contributed by atoms with Gasteiger partial charge in [-0.25, -0.2) is 4.98 Å². The fourth-order valence-electron chi connectivity index (χ4n) is 3.96. The molecule has 2 aromatic rings. The third-order valence-electron chi connectivity index (χ3n) is 5.51. The maximum atomic E-state index is 12.7. The van der Waals surface area contributed by atoms with Gasteiger partial charge in [0.1, 0.15) is 5.75 Å². The molecule has 28 heavy (non-hydrogen) atoms. The number of nitrogens with one attached hydrogen (secondary N) is 1. The number of nitrogens with zero attached hydrogens (tertiary/aromatic N) is 3. The molecule has 0 aliphatic carbocycles. The Labute approximate surface area is 167 Å². The molecule has 0 radical (unpaired) electrons. The van der Waals surface area contributed by atoms with E-state index >= 15 is 0 Å². The number of rotatable bonds is 8. The highest BCUT2D eigenvalue weighted by Gasteiger charge is 2.25. The first-order valence-electron chi connectivity index (χ1n) is 10.2. The molecule has 6 nitrogen and oxygen atoms in total. The lowest BCUT2D eigenvalue weighted by Crippen LogP contribution is -2.43. The molecule has 1 aliphatic heterocycles. The number of imidazole rings is 1. The second-order valence-corrected chi connectivity index (χ2v) is 7.67. The smallest absolute Gasteiger partial charge is 0.289 e. The summed E-state index contributed by atoms with van der Waals surface area (Å²) >= 11 is 0. The van der Waals surface area contributed by atoms with Crippen LogP contribution in [0.4, 0.5) is 0 Å². The average Bonchev–Trinajstić information content (AvgIpc) is 3.17. The summed E-state index contributed by atoms with van der Waals surface area (Å²) in [4.78, 5) is 24.4. The largest absolute Gasteiger partial charge is 0.497 e. The number of amides is 1. The molecular weight excluding hydrogens is 352 g/mol. The SMILES string of the molecule is CCN(C[C@@H]1CCCN(CCc2cccc(OC)c2)C1)C(=O)c1ncc(C)[nH]1. The van der Waals surface area contributed by atoms with E-state index in [1.807, 2.05) is 30.9 Å². The van der Waals surface area contributed by atoms with Crippen LogP contribution in [0.25, 0.3) is 0 Å². The van der Waals surface area contributed by atoms with E-state index in [1.54, 1.807) is 13.3 Å². The van der Waals surface area contributed by atoms with Crippen molar-refractivity contribution in [2.75, 3.05) is 39.8 Å². The maximum Gasteiger partial charge on any atom is 0.289 e. The van der Waals surface area contributed by atoms with Gasteiger partial charge in [-0.15, -0.1) is 0 Å². The monoisotopic (exact) mass is 384 g/mol. The minimum atomic E-state index is 0.00380. The summed E-state index contributed by atoms with van der Waals surface area (Å²) in [6, 6.07) is 8.31. The predicted octanol–water partition coefficient (Wildman–Crippen LogP) is 3.14. The molecule has 152 valence electrons. The van der Waals surface area contributed by atoms with Crippen molar-refractivity contribution < 1.29 is 9.53 Å². The van der Waals surface area contributed by atoms with E-state index in [1.165, 1.54) is 18.4 Å². The van der Waals surface area contributed by atoms with Crippen molar-refractivity contribution in [1.82, 2.24) is 19.8 Å². The fourth-order valence-corrected chi connectivity index (χ4v) is 3.96. The first-order chi connectivity index (χ1) is 13.6. The van der Waals surface area contributed by atoms with Gasteiger partial charge in [-0.1, -0.05) is 12.1 Å². The molecule has 0 unspecified atom stereocenters. The fraction of sp³-hybridized carbons (Fsp3) is 0.545. The summed E-state index contributed by atoms with van der Waals surface area (Å²) in [6.07, 6.45) is 5.10. The van der Waals surface area contributed by atoms with E-state index in [0.717, 1.165) is 44.0 Å². The quantitative estimate of drug-likeness (QED) is 0.760. The number of aromatic amines is 1. The number of likely N-dealkylation sites (tertiary alicyclic amines) is 1. The predicted molar refractivity (Wildman–Crippen MR) is 111 cm³/mol. The Morgan fingerprint density at radius 1 is 1.43 bits per heavy atom. The first kappa shape index (κ1) is 20.4. The third-order valence-corrected chi connectivity index (χ3v) is 5.51. The summed E-state index contributed by atoms with van der Waals surface area (Å²) in [5.74, 6) is 1.88. The standard InChI is InChI=1S/C22H32N4O2/c1-4-26(22(27)21-23-14-17(2)24-21)16-19-8-6-11-25(15-19)12-10-18-7-5-9-20(13-18)28-3/h5,7,9,13-14,19H,4,6,8,10-12,15-16H2,1-3H3,(H,23,24)/t19-/m1/s1. The minimum Gasteiger partial charge on any atom is -0.497 e. The molecule has 0 saturated carbocycles. The maximum absolute atomic E-state index is 12.7. The van der Waals surface area contributed by atoms with Gasteiger partial charge in [-0.05, 0) is 63.3 Å². The van der Waals surface area contributed by atoms with Gasteiger partial charge in [0.2, 0.25) is 0 Å². The Bertz CT molecular complexity index is 773. The van der Waals surface area contributed by atoms with Gasteiger partial charge in [0, 0.05) is 38.1 Å². The van der Waals surface area contributed by atoms with Crippen LogP contribution >= 0.6 is 0 Å². The topological polar surface area (TPSA) is 61.5 Å². The zero-order valence-corrected chi connectivity index (χ0v) is 17.3. The number of methoxy groups -OCH3 is 1. The summed E-state index contributed by atoms with van der Waals surface area (Å²) in [5.41, 5.74) is 2.22. The molecule has 0 spiro atoms. The second-order valence-electron chi connectivity index (χ2n) is 7.67. The Morgan fingerprint density at radius 2 is 2.29 bits per heavy atom. The number of carbonyl (C=O) groups excluding carboxylic acids is 1. The van der Waals surface area contributed by atoms with Crippen LogP contribution in [0, 0.1) is 12.8 Å². The number of aryl methyl sites for hydroxylation is 1. The van der Waals surface area contributed by atoms with E-state index in [2.05, 4.69) is 27.0 Å². The van der Waals surface area contributed by atoms with Crippen LogP contribution in [0.2, 0.25) is 0 Å². The molecule has 2 heterocycles. The van der Waals surface area contributed by atoms with Gasteiger partial charge >= 0.3 is 0 Å². The number of carbonyl (C=O) groups is 1. The molecule has 3 rings (SSSR count). The van der Waals surface area contributed by atoms with Crippen LogP contribution in [0.5, 0.6) is 5.75 Å². The van der Waals surface area contributed by atoms with E-state index in [0.29, 0.717) is 18.3 Å². The number of hydrogen-bond acceptors (Lipinski definition) is 4. The zero-order valence-electron chi connectivity index (χ0n) is 17.3. The van der Waals surface area contributed by atoms with E-state index < -0.39 is 0 Å². The Kier molecular flexibility index (Phi) is 7.09. The van der Waals surface area contributed by atoms with Crippen molar-refractivity contribution >= 4 is 5.91 Å². The minimum absolute atomic E-state index is 0.00380. The van der Waals surface area contributed by atoms with Crippen LogP contribution in [0.15, 0.2) is 30.5 Å². The van der Waals surface area contributed by atoms with E-state index in [4.69, 9.17) is 4.74 Å².